The lowest BCUT2D eigenvalue weighted by atomic mass is 10.2. The van der Waals surface area contributed by atoms with Gasteiger partial charge in [-0.05, 0) is 18.6 Å². The van der Waals surface area contributed by atoms with E-state index in [0.29, 0.717) is 12.1 Å². The normalized spacial score (nSPS) is 47.1. The highest BCUT2D eigenvalue weighted by molar-refractivity contribution is 5.06. The highest BCUT2D eigenvalue weighted by Crippen LogP contribution is 2.34. The predicted molar refractivity (Wildman–Crippen MR) is 43.8 cm³/mol. The second-order valence-electron chi connectivity index (χ2n) is 3.73. The van der Waals surface area contributed by atoms with E-state index in [2.05, 4.69) is 26.1 Å². The third-order valence-corrected chi connectivity index (χ3v) is 2.77. The Hall–Kier alpha value is -0.340. The molecule has 1 saturated heterocycles. The van der Waals surface area contributed by atoms with Gasteiger partial charge in [-0.15, -0.1) is 0 Å². The summed E-state index contributed by atoms with van der Waals surface area (Å²) >= 11 is 0. The van der Waals surface area contributed by atoms with Crippen molar-refractivity contribution in [2.24, 2.45) is 0 Å². The van der Waals surface area contributed by atoms with Crippen molar-refractivity contribution < 1.29 is 9.48 Å². The first kappa shape index (κ1) is 7.32. The van der Waals surface area contributed by atoms with Crippen molar-refractivity contribution in [3.8, 4) is 0 Å². The van der Waals surface area contributed by atoms with Crippen LogP contribution in [0.3, 0.4) is 0 Å². The molecule has 0 amide bonds. The van der Waals surface area contributed by atoms with E-state index in [1.807, 2.05) is 0 Å². The topological polar surface area (TPSA) is 9.23 Å². The molecule has 0 aromatic heterocycles. The molecule has 2 heteroatoms. The van der Waals surface area contributed by atoms with Crippen molar-refractivity contribution in [2.75, 3.05) is 13.6 Å². The van der Waals surface area contributed by atoms with E-state index in [9.17, 15) is 0 Å². The van der Waals surface area contributed by atoms with Crippen LogP contribution in [-0.4, -0.2) is 30.4 Å². The fraction of sp³-hybridized carbons (Fsp3) is 0.778. The Balaban J connectivity index is 2.11. The molecule has 0 radical (unpaired) electrons. The van der Waals surface area contributed by atoms with Crippen LogP contribution in [0.5, 0.6) is 0 Å². The molecule has 1 fully saturated rings. The average molecular weight is 154 g/mol. The van der Waals surface area contributed by atoms with Crippen LogP contribution in [0.15, 0.2) is 12.2 Å². The number of nitrogens with zero attached hydrogens (tertiary/aromatic N) is 1. The first-order valence-electron chi connectivity index (χ1n) is 4.46. The van der Waals surface area contributed by atoms with Gasteiger partial charge in [-0.25, -0.2) is 0 Å². The third kappa shape index (κ3) is 1.01. The number of fused-ring (bicyclic) bond motifs is 2. The molecule has 2 nitrogen and oxygen atoms in total. The molecule has 1 aliphatic heterocycles. The smallest absolute Gasteiger partial charge is 0.141 e. The Morgan fingerprint density at radius 2 is 2.36 bits per heavy atom. The molecule has 62 valence electrons. The lowest BCUT2D eigenvalue weighted by molar-refractivity contribution is -1.09. The largest absolute Gasteiger partial charge is 0.195 e. The minimum atomic E-state index is 0.413. The van der Waals surface area contributed by atoms with Crippen molar-refractivity contribution in [1.82, 2.24) is 0 Å². The maximum absolute atomic E-state index is 5.84. The summed E-state index contributed by atoms with van der Waals surface area (Å²) in [6, 6.07) is 0.639. The molecule has 1 aliphatic carbocycles. The van der Waals surface area contributed by atoms with Crippen LogP contribution in [0.1, 0.15) is 19.8 Å². The van der Waals surface area contributed by atoms with Gasteiger partial charge in [0.1, 0.15) is 18.7 Å². The zero-order chi connectivity index (χ0) is 7.90. The van der Waals surface area contributed by atoms with Gasteiger partial charge in [0, 0.05) is 6.42 Å². The number of likely N-dealkylation sites (N-methyl/N-ethyl adjacent to an activating group) is 1. The fourth-order valence-corrected chi connectivity index (χ4v) is 2.18. The Morgan fingerprint density at radius 3 is 2.82 bits per heavy atom. The van der Waals surface area contributed by atoms with Crippen molar-refractivity contribution in [2.45, 2.75) is 31.9 Å². The maximum Gasteiger partial charge on any atom is 0.141 e. The molecule has 0 N–H and O–H groups in total. The summed E-state index contributed by atoms with van der Waals surface area (Å²) in [5.74, 6) is 0. The molecule has 2 bridgehead atoms. The summed E-state index contributed by atoms with van der Waals surface area (Å²) in [5.41, 5.74) is 0. The molecule has 2 rings (SSSR count). The van der Waals surface area contributed by atoms with Crippen molar-refractivity contribution >= 4 is 0 Å². The summed E-state index contributed by atoms with van der Waals surface area (Å²) in [6.07, 6.45) is 7.32. The summed E-state index contributed by atoms with van der Waals surface area (Å²) < 4.78 is 0.817. The average Bonchev–Trinajstić information content (AvgIpc) is 2.45. The first-order chi connectivity index (χ1) is 5.24. The molecule has 11 heavy (non-hydrogen) atoms. The molecule has 0 aromatic rings. The van der Waals surface area contributed by atoms with Crippen molar-refractivity contribution in [3.63, 3.8) is 0 Å². The van der Waals surface area contributed by atoms with Crippen LogP contribution in [0.25, 0.3) is 0 Å². The number of quaternary nitrogens is 1. The van der Waals surface area contributed by atoms with Gasteiger partial charge in [0.2, 0.25) is 0 Å². The van der Waals surface area contributed by atoms with Crippen LogP contribution in [-0.2, 0) is 4.84 Å². The van der Waals surface area contributed by atoms with E-state index in [4.69, 9.17) is 4.84 Å². The van der Waals surface area contributed by atoms with E-state index in [1.54, 1.807) is 0 Å². The molecule has 3 unspecified atom stereocenters. The second-order valence-corrected chi connectivity index (χ2v) is 3.73. The molecule has 3 atom stereocenters. The van der Waals surface area contributed by atoms with Gasteiger partial charge in [-0.1, -0.05) is 6.92 Å². The van der Waals surface area contributed by atoms with E-state index >= 15 is 0 Å². The zero-order valence-corrected chi connectivity index (χ0v) is 7.29. The molecular weight excluding hydrogens is 138 g/mol. The monoisotopic (exact) mass is 154 g/mol. The Labute approximate surface area is 68.0 Å². The van der Waals surface area contributed by atoms with Crippen molar-refractivity contribution in [1.29, 1.82) is 0 Å². The van der Waals surface area contributed by atoms with Gasteiger partial charge in [0.25, 0.3) is 0 Å². The molecule has 2 aliphatic rings. The van der Waals surface area contributed by atoms with Crippen LogP contribution in [0.4, 0.5) is 0 Å². The van der Waals surface area contributed by atoms with Gasteiger partial charge < -0.3 is 0 Å². The molecular formula is C9H16NO+. The number of hydrogen-bond donors (Lipinski definition) is 0. The van der Waals surface area contributed by atoms with Crippen molar-refractivity contribution in [3.05, 3.63) is 12.2 Å². The number of hydrogen-bond acceptors (Lipinski definition) is 1. The summed E-state index contributed by atoms with van der Waals surface area (Å²) in [6.45, 7) is 3.36. The minimum absolute atomic E-state index is 0.413. The minimum Gasteiger partial charge on any atom is -0.195 e. The number of hydroxylamine groups is 3. The Bertz CT molecular complexity index is 190. The van der Waals surface area contributed by atoms with Crippen LogP contribution >= 0.6 is 0 Å². The van der Waals surface area contributed by atoms with Crippen LogP contribution in [0.2, 0.25) is 0 Å². The SMILES string of the molecule is CCC[N+]1(C)OC2C=CC1C2. The summed E-state index contributed by atoms with van der Waals surface area (Å²) in [5, 5.41) is 0. The second kappa shape index (κ2) is 2.32. The first-order valence-corrected chi connectivity index (χ1v) is 4.46. The maximum atomic E-state index is 5.84. The van der Waals surface area contributed by atoms with Gasteiger partial charge in [0.05, 0.1) is 7.05 Å². The van der Waals surface area contributed by atoms with Crippen LogP contribution in [0, 0.1) is 0 Å². The highest BCUT2D eigenvalue weighted by Gasteiger charge is 2.46. The Morgan fingerprint density at radius 1 is 1.55 bits per heavy atom. The van der Waals surface area contributed by atoms with Crippen LogP contribution < -0.4 is 0 Å². The van der Waals surface area contributed by atoms with Gasteiger partial charge in [0.15, 0.2) is 0 Å². The fourth-order valence-electron chi connectivity index (χ4n) is 2.18. The van der Waals surface area contributed by atoms with E-state index in [1.165, 1.54) is 12.8 Å². The standard InChI is InChI=1S/C9H16NO/c1-3-6-10(2)8-4-5-9(7-8)11-10/h4-5,8-9H,3,6-7H2,1-2H3/q+1. The highest BCUT2D eigenvalue weighted by atomic mass is 16.7. The molecule has 0 aromatic carbocycles. The molecule has 0 saturated carbocycles. The predicted octanol–water partition coefficient (Wildman–Crippen LogP) is 1.49. The van der Waals surface area contributed by atoms with E-state index < -0.39 is 0 Å². The number of rotatable bonds is 2. The quantitative estimate of drug-likeness (QED) is 0.432. The van der Waals surface area contributed by atoms with Gasteiger partial charge in [-0.3, -0.25) is 0 Å². The van der Waals surface area contributed by atoms with Gasteiger partial charge in [-0.2, -0.15) is 9.48 Å². The lowest BCUT2D eigenvalue weighted by Crippen LogP contribution is -2.47. The summed E-state index contributed by atoms with van der Waals surface area (Å²) in [7, 11) is 2.19. The van der Waals surface area contributed by atoms with Gasteiger partial charge >= 0.3 is 0 Å². The zero-order valence-electron chi connectivity index (χ0n) is 7.29. The van der Waals surface area contributed by atoms with E-state index in [-0.39, 0.29) is 0 Å². The molecule has 0 spiro atoms. The summed E-state index contributed by atoms with van der Waals surface area (Å²) in [4.78, 5) is 5.84. The Kier molecular flexibility index (Phi) is 1.55. The third-order valence-electron chi connectivity index (χ3n) is 2.77. The van der Waals surface area contributed by atoms with E-state index in [0.717, 1.165) is 11.2 Å². The lowest BCUT2D eigenvalue weighted by Gasteiger charge is -2.32. The molecule has 1 heterocycles.